The van der Waals surface area contributed by atoms with Gasteiger partial charge in [0.15, 0.2) is 23.1 Å². The van der Waals surface area contributed by atoms with Gasteiger partial charge in [0, 0.05) is 31.2 Å². The molecule has 2 rings (SSSR count). The van der Waals surface area contributed by atoms with E-state index in [1.165, 1.54) is 31.6 Å². The number of allylic oxidation sites excluding steroid dienone is 1. The highest BCUT2D eigenvalue weighted by Gasteiger charge is 2.20. The quantitative estimate of drug-likeness (QED) is 0.352. The van der Waals surface area contributed by atoms with Crippen LogP contribution in [0.15, 0.2) is 47.7 Å². The number of ether oxygens (including phenoxy) is 1. The van der Waals surface area contributed by atoms with Crippen molar-refractivity contribution < 1.29 is 18.7 Å². The Morgan fingerprint density at radius 1 is 1.32 bits per heavy atom. The van der Waals surface area contributed by atoms with E-state index in [4.69, 9.17) is 16.2 Å². The van der Waals surface area contributed by atoms with Gasteiger partial charge in [-0.05, 0) is 24.6 Å². The number of rotatable bonds is 9. The molecular formula is C20H22FN7O3. The number of primary amides is 1. The van der Waals surface area contributed by atoms with E-state index in [2.05, 4.69) is 32.2 Å². The largest absolute Gasteiger partial charge is 0.434 e. The van der Waals surface area contributed by atoms with Crippen molar-refractivity contribution in [2.24, 2.45) is 16.5 Å². The van der Waals surface area contributed by atoms with Crippen LogP contribution in [0, 0.1) is 5.82 Å². The predicted molar refractivity (Wildman–Crippen MR) is 116 cm³/mol. The SMILES string of the molecule is C=CC(=O)Nc1ccc(F)c(Oc2nc(NC(C=NC)=CN)c(C(N)=O)nc2CC)c1. The fraction of sp³-hybridized carbons (Fsp3) is 0.150. The molecule has 0 bridgehead atoms. The minimum absolute atomic E-state index is 0.0483. The van der Waals surface area contributed by atoms with Crippen molar-refractivity contribution in [1.82, 2.24) is 9.97 Å². The van der Waals surface area contributed by atoms with Crippen molar-refractivity contribution in [3.63, 3.8) is 0 Å². The van der Waals surface area contributed by atoms with Crippen LogP contribution < -0.4 is 26.8 Å². The molecule has 0 aliphatic rings. The molecule has 0 radical (unpaired) electrons. The molecule has 0 saturated carbocycles. The van der Waals surface area contributed by atoms with Gasteiger partial charge < -0.3 is 26.8 Å². The number of hydrogen-bond acceptors (Lipinski definition) is 8. The highest BCUT2D eigenvalue weighted by molar-refractivity contribution is 5.99. The predicted octanol–water partition coefficient (Wildman–Crippen LogP) is 2.11. The highest BCUT2D eigenvalue weighted by Crippen LogP contribution is 2.30. The summed E-state index contributed by atoms with van der Waals surface area (Å²) in [5, 5.41) is 5.29. The third-order valence-electron chi connectivity index (χ3n) is 3.80. The summed E-state index contributed by atoms with van der Waals surface area (Å²) in [6.07, 6.45) is 3.99. The van der Waals surface area contributed by atoms with Gasteiger partial charge in [-0.15, -0.1) is 0 Å². The smallest absolute Gasteiger partial charge is 0.271 e. The van der Waals surface area contributed by atoms with Crippen LogP contribution in [0.5, 0.6) is 11.6 Å². The monoisotopic (exact) mass is 427 g/mol. The number of nitrogens with one attached hydrogen (secondary N) is 2. The minimum atomic E-state index is -0.832. The third-order valence-corrected chi connectivity index (χ3v) is 3.80. The Morgan fingerprint density at radius 3 is 2.65 bits per heavy atom. The summed E-state index contributed by atoms with van der Waals surface area (Å²) in [5.74, 6) is -2.33. The van der Waals surface area contributed by atoms with Crippen LogP contribution in [0.4, 0.5) is 15.9 Å². The molecule has 0 spiro atoms. The second-order valence-electron chi connectivity index (χ2n) is 5.97. The molecule has 0 atom stereocenters. The van der Waals surface area contributed by atoms with Crippen LogP contribution in [-0.2, 0) is 11.2 Å². The van der Waals surface area contributed by atoms with Crippen LogP contribution in [0.25, 0.3) is 0 Å². The topological polar surface area (TPSA) is 158 Å². The first-order valence-corrected chi connectivity index (χ1v) is 9.05. The molecule has 0 unspecified atom stereocenters. The van der Waals surface area contributed by atoms with Gasteiger partial charge in [0.25, 0.3) is 5.91 Å². The molecule has 11 heteroatoms. The van der Waals surface area contributed by atoms with E-state index in [1.807, 2.05) is 0 Å². The number of carbonyl (C=O) groups excluding carboxylic acids is 2. The number of nitrogens with zero attached hydrogens (tertiary/aromatic N) is 3. The number of aliphatic imine (C=N–C) groups is 1. The number of amides is 2. The van der Waals surface area contributed by atoms with Gasteiger partial charge in [-0.3, -0.25) is 14.6 Å². The molecule has 0 fully saturated rings. The lowest BCUT2D eigenvalue weighted by Gasteiger charge is -2.15. The first-order valence-electron chi connectivity index (χ1n) is 9.05. The first kappa shape index (κ1) is 23.0. The fourth-order valence-corrected chi connectivity index (χ4v) is 2.38. The van der Waals surface area contributed by atoms with Gasteiger partial charge in [-0.1, -0.05) is 13.5 Å². The summed E-state index contributed by atoms with van der Waals surface area (Å²) in [6, 6.07) is 3.76. The molecule has 0 aliphatic carbocycles. The molecule has 6 N–H and O–H groups in total. The Morgan fingerprint density at radius 2 is 2.06 bits per heavy atom. The number of benzene rings is 1. The van der Waals surface area contributed by atoms with Crippen molar-refractivity contribution in [2.45, 2.75) is 13.3 Å². The standard InChI is InChI=1S/C20H22FN7O3/c1-4-14-20(31-15-8-11(6-7-13(15)21)25-16(29)5-2)28-19(17(27-14)18(23)30)26-12(9-22)10-24-3/h5-10H,2,4,22H2,1,3H3,(H2,23,30)(H,25,29)(H,26,28). The summed E-state index contributed by atoms with van der Waals surface area (Å²) in [6.45, 7) is 5.11. The van der Waals surface area contributed by atoms with Gasteiger partial charge in [0.1, 0.15) is 5.69 Å². The van der Waals surface area contributed by atoms with E-state index in [1.54, 1.807) is 6.92 Å². The van der Waals surface area contributed by atoms with E-state index < -0.39 is 17.6 Å². The molecule has 0 aliphatic heterocycles. The first-order chi connectivity index (χ1) is 14.8. The molecule has 1 heterocycles. The van der Waals surface area contributed by atoms with E-state index in [0.29, 0.717) is 12.1 Å². The average Bonchev–Trinajstić information content (AvgIpc) is 2.75. The summed E-state index contributed by atoms with van der Waals surface area (Å²) in [5.41, 5.74) is 11.7. The highest BCUT2D eigenvalue weighted by atomic mass is 19.1. The summed E-state index contributed by atoms with van der Waals surface area (Å²) < 4.78 is 20.0. The number of aryl methyl sites for hydroxylation is 1. The fourth-order valence-electron chi connectivity index (χ4n) is 2.38. The number of nitrogens with two attached hydrogens (primary N) is 2. The zero-order valence-electron chi connectivity index (χ0n) is 17.0. The molecule has 1 aromatic heterocycles. The maximum atomic E-state index is 14.3. The van der Waals surface area contributed by atoms with E-state index in [9.17, 15) is 14.0 Å². The lowest BCUT2D eigenvalue weighted by Crippen LogP contribution is -2.20. The second-order valence-corrected chi connectivity index (χ2v) is 5.97. The number of aromatic nitrogens is 2. The minimum Gasteiger partial charge on any atom is -0.434 e. The number of halogens is 1. The maximum absolute atomic E-state index is 14.3. The van der Waals surface area contributed by atoms with E-state index in [0.717, 1.165) is 12.1 Å². The van der Waals surface area contributed by atoms with Crippen molar-refractivity contribution >= 4 is 29.5 Å². The molecule has 2 aromatic rings. The van der Waals surface area contributed by atoms with E-state index in [-0.39, 0.29) is 34.5 Å². The van der Waals surface area contributed by atoms with E-state index >= 15 is 0 Å². The van der Waals surface area contributed by atoms with Crippen LogP contribution >= 0.6 is 0 Å². The Hall–Kier alpha value is -4.28. The van der Waals surface area contributed by atoms with Crippen LogP contribution in [0.2, 0.25) is 0 Å². The van der Waals surface area contributed by atoms with Crippen LogP contribution in [0.1, 0.15) is 23.1 Å². The van der Waals surface area contributed by atoms with Crippen molar-refractivity contribution in [3.05, 3.63) is 60.0 Å². The van der Waals surface area contributed by atoms with Gasteiger partial charge in [0.2, 0.25) is 11.8 Å². The summed E-state index contributed by atoms with van der Waals surface area (Å²) in [7, 11) is 1.53. The average molecular weight is 427 g/mol. The summed E-state index contributed by atoms with van der Waals surface area (Å²) >= 11 is 0. The zero-order valence-corrected chi connectivity index (χ0v) is 17.0. The molecule has 1 aromatic carbocycles. The lowest BCUT2D eigenvalue weighted by atomic mass is 10.2. The molecular weight excluding hydrogens is 405 g/mol. The number of anilines is 2. The zero-order chi connectivity index (χ0) is 23.0. The Balaban J connectivity index is 2.52. The Bertz CT molecular complexity index is 1070. The Kier molecular flexibility index (Phi) is 7.78. The van der Waals surface area contributed by atoms with Gasteiger partial charge in [0.05, 0.1) is 5.70 Å². The Labute approximate surface area is 177 Å². The molecule has 31 heavy (non-hydrogen) atoms. The second kappa shape index (κ2) is 10.5. The summed E-state index contributed by atoms with van der Waals surface area (Å²) in [4.78, 5) is 35.7. The lowest BCUT2D eigenvalue weighted by molar-refractivity contribution is -0.111. The van der Waals surface area contributed by atoms with Crippen molar-refractivity contribution in [3.8, 4) is 11.6 Å². The maximum Gasteiger partial charge on any atom is 0.271 e. The molecule has 10 nitrogen and oxygen atoms in total. The van der Waals surface area contributed by atoms with Crippen molar-refractivity contribution in [2.75, 3.05) is 17.7 Å². The molecule has 0 saturated heterocycles. The van der Waals surface area contributed by atoms with Gasteiger partial charge in [-0.25, -0.2) is 9.37 Å². The van der Waals surface area contributed by atoms with Gasteiger partial charge >= 0.3 is 0 Å². The number of carbonyl (C=O) groups is 2. The van der Waals surface area contributed by atoms with Crippen molar-refractivity contribution in [1.29, 1.82) is 0 Å². The third kappa shape index (κ3) is 5.85. The van der Waals surface area contributed by atoms with Crippen LogP contribution in [0.3, 0.4) is 0 Å². The normalized spacial score (nSPS) is 11.3. The number of hydrogen-bond donors (Lipinski definition) is 4. The molecule has 2 amide bonds. The van der Waals surface area contributed by atoms with Gasteiger partial charge in [-0.2, -0.15) is 4.98 Å². The van der Waals surface area contributed by atoms with Crippen LogP contribution in [-0.4, -0.2) is 35.0 Å². The molecule has 162 valence electrons.